The lowest BCUT2D eigenvalue weighted by molar-refractivity contribution is -0.394. The van der Waals surface area contributed by atoms with Gasteiger partial charge in [-0.25, -0.2) is 0 Å². The molecule has 1 N–H and O–H groups in total. The zero-order valence-electron chi connectivity index (χ0n) is 19.5. The van der Waals surface area contributed by atoms with E-state index in [0.29, 0.717) is 11.3 Å². The highest BCUT2D eigenvalue weighted by Gasteiger charge is 2.22. The van der Waals surface area contributed by atoms with Crippen LogP contribution in [0, 0.1) is 45.4 Å². The fourth-order valence-electron chi connectivity index (χ4n) is 3.22. The number of carbonyl (C=O) groups excluding carboxylic acids is 1. The first-order valence-electron chi connectivity index (χ1n) is 10.4. The fourth-order valence-corrected chi connectivity index (χ4v) is 3.22. The Bertz CT molecular complexity index is 1440. The summed E-state index contributed by atoms with van der Waals surface area (Å²) < 4.78 is 10.9. The molecule has 0 aromatic heterocycles. The number of ether oxygens (including phenoxy) is 2. The molecule has 36 heavy (non-hydrogen) atoms. The lowest BCUT2D eigenvalue weighted by Crippen LogP contribution is -2.14. The van der Waals surface area contributed by atoms with Crippen molar-refractivity contribution in [2.24, 2.45) is 0 Å². The molecule has 3 aromatic rings. The molecule has 0 heterocycles. The average molecular weight is 488 g/mol. The van der Waals surface area contributed by atoms with Crippen molar-refractivity contribution < 1.29 is 24.1 Å². The smallest absolute Gasteiger partial charge is 0.318 e. The Morgan fingerprint density at radius 3 is 2.36 bits per heavy atom. The number of rotatable bonds is 8. The molecule has 0 aliphatic rings. The Balaban J connectivity index is 1.89. The maximum Gasteiger partial charge on any atom is 0.318 e. The van der Waals surface area contributed by atoms with Crippen LogP contribution < -0.4 is 14.8 Å². The first-order chi connectivity index (χ1) is 17.1. The van der Waals surface area contributed by atoms with Crippen molar-refractivity contribution in [1.29, 1.82) is 5.26 Å². The minimum atomic E-state index is -0.792. The Morgan fingerprint density at radius 1 is 1.00 bits per heavy atom. The van der Waals surface area contributed by atoms with E-state index < -0.39 is 27.1 Å². The number of amides is 1. The van der Waals surface area contributed by atoms with Crippen molar-refractivity contribution in [3.05, 3.63) is 97.1 Å². The number of non-ortho nitro benzene ring substituents is 1. The summed E-state index contributed by atoms with van der Waals surface area (Å²) in [6, 6.07) is 14.8. The molecule has 0 unspecified atom stereocenters. The van der Waals surface area contributed by atoms with Crippen LogP contribution in [0.3, 0.4) is 0 Å². The molecule has 11 heteroatoms. The fraction of sp³-hybridized carbons (Fsp3) is 0.120. The number of methoxy groups -OCH3 is 1. The summed E-state index contributed by atoms with van der Waals surface area (Å²) >= 11 is 0. The summed E-state index contributed by atoms with van der Waals surface area (Å²) in [5.74, 6) is -0.571. The summed E-state index contributed by atoms with van der Waals surface area (Å²) in [7, 11) is 1.35. The van der Waals surface area contributed by atoms with E-state index in [9.17, 15) is 30.3 Å². The number of benzene rings is 3. The van der Waals surface area contributed by atoms with Crippen LogP contribution in [-0.4, -0.2) is 22.9 Å². The molecular formula is C25H20N4O7. The highest BCUT2D eigenvalue weighted by molar-refractivity contribution is 6.10. The summed E-state index contributed by atoms with van der Waals surface area (Å²) in [4.78, 5) is 33.5. The molecule has 0 saturated carbocycles. The molecule has 0 spiro atoms. The first-order valence-corrected chi connectivity index (χ1v) is 10.4. The van der Waals surface area contributed by atoms with Crippen LogP contribution in [0.5, 0.6) is 17.2 Å². The summed E-state index contributed by atoms with van der Waals surface area (Å²) in [6.45, 7) is 3.77. The molecule has 3 aromatic carbocycles. The van der Waals surface area contributed by atoms with Crippen LogP contribution in [0.15, 0.2) is 60.2 Å². The van der Waals surface area contributed by atoms with E-state index in [1.807, 2.05) is 26.0 Å². The minimum absolute atomic E-state index is 0.0879. The third kappa shape index (κ3) is 5.63. The zero-order valence-corrected chi connectivity index (χ0v) is 19.5. The largest absolute Gasteiger partial charge is 0.493 e. The van der Waals surface area contributed by atoms with E-state index in [4.69, 9.17) is 9.47 Å². The number of hydrogen-bond acceptors (Lipinski definition) is 8. The second-order valence-electron chi connectivity index (χ2n) is 7.55. The molecule has 182 valence electrons. The highest BCUT2D eigenvalue weighted by atomic mass is 16.6. The molecular weight excluding hydrogens is 468 g/mol. The number of nitrogens with zero attached hydrogens (tertiary/aromatic N) is 3. The van der Waals surface area contributed by atoms with E-state index in [1.54, 1.807) is 12.1 Å². The van der Waals surface area contributed by atoms with E-state index in [0.717, 1.165) is 29.3 Å². The highest BCUT2D eigenvalue weighted by Crippen LogP contribution is 2.38. The zero-order chi connectivity index (χ0) is 26.4. The van der Waals surface area contributed by atoms with Crippen LogP contribution in [-0.2, 0) is 4.79 Å². The molecule has 0 radical (unpaired) electrons. The Hall–Kier alpha value is -5.24. The minimum Gasteiger partial charge on any atom is -0.493 e. The van der Waals surface area contributed by atoms with E-state index in [-0.39, 0.29) is 22.8 Å². The summed E-state index contributed by atoms with van der Waals surface area (Å²) in [5, 5.41) is 34.6. The van der Waals surface area contributed by atoms with Crippen molar-refractivity contribution in [1.82, 2.24) is 0 Å². The molecule has 0 atom stereocenters. The van der Waals surface area contributed by atoms with Gasteiger partial charge in [0.05, 0.1) is 23.0 Å². The Morgan fingerprint density at radius 2 is 1.72 bits per heavy atom. The lowest BCUT2D eigenvalue weighted by atomic mass is 10.1. The maximum atomic E-state index is 12.7. The van der Waals surface area contributed by atoms with E-state index in [1.165, 1.54) is 31.4 Å². The lowest BCUT2D eigenvalue weighted by Gasteiger charge is -2.12. The van der Waals surface area contributed by atoms with Gasteiger partial charge < -0.3 is 14.8 Å². The second-order valence-corrected chi connectivity index (χ2v) is 7.55. The second kappa shape index (κ2) is 10.8. The molecule has 3 rings (SSSR count). The van der Waals surface area contributed by atoms with Gasteiger partial charge in [0.15, 0.2) is 11.5 Å². The summed E-state index contributed by atoms with van der Waals surface area (Å²) in [6.07, 6.45) is 1.36. The van der Waals surface area contributed by atoms with Crippen molar-refractivity contribution in [3.63, 3.8) is 0 Å². The predicted octanol–water partition coefficient (Wildman–Crippen LogP) is 5.47. The molecule has 0 bridgehead atoms. The van der Waals surface area contributed by atoms with Gasteiger partial charge in [0.1, 0.15) is 11.6 Å². The van der Waals surface area contributed by atoms with E-state index >= 15 is 0 Å². The number of nitro groups is 2. The molecule has 1 amide bonds. The number of aryl methyl sites for hydroxylation is 1. The number of hydrogen-bond donors (Lipinski definition) is 1. The molecule has 11 nitrogen and oxygen atoms in total. The van der Waals surface area contributed by atoms with Gasteiger partial charge >= 0.3 is 5.69 Å². The van der Waals surface area contributed by atoms with Crippen molar-refractivity contribution in [3.8, 4) is 23.3 Å². The SMILES string of the molecule is COc1cc(/C=C(\C#N)C(=O)Nc2cccc(C)c2C)ccc1Oc1ccc([N+](=O)[O-])cc1[N+](=O)[O-]. The first kappa shape index (κ1) is 25.4. The van der Waals surface area contributed by atoms with Crippen LogP contribution in [0.1, 0.15) is 16.7 Å². The van der Waals surface area contributed by atoms with Crippen molar-refractivity contribution >= 4 is 29.0 Å². The normalized spacial score (nSPS) is 10.8. The van der Waals surface area contributed by atoms with Gasteiger partial charge in [-0.3, -0.25) is 25.0 Å². The van der Waals surface area contributed by atoms with Crippen molar-refractivity contribution in [2.45, 2.75) is 13.8 Å². The number of nitro benzene ring substituents is 2. The van der Waals surface area contributed by atoms with Gasteiger partial charge in [-0.05, 0) is 60.9 Å². The number of anilines is 1. The van der Waals surface area contributed by atoms with Gasteiger partial charge in [-0.15, -0.1) is 0 Å². The Labute approximate surface area is 205 Å². The maximum absolute atomic E-state index is 12.7. The average Bonchev–Trinajstić information content (AvgIpc) is 2.85. The Kier molecular flexibility index (Phi) is 7.61. The number of carbonyl (C=O) groups is 1. The monoisotopic (exact) mass is 488 g/mol. The molecule has 0 saturated heterocycles. The third-order valence-electron chi connectivity index (χ3n) is 5.29. The van der Waals surface area contributed by atoms with Crippen LogP contribution >= 0.6 is 0 Å². The number of nitrogens with one attached hydrogen (secondary N) is 1. The number of nitriles is 1. The molecule has 0 fully saturated rings. The van der Waals surface area contributed by atoms with Crippen LogP contribution in [0.2, 0.25) is 0 Å². The van der Waals surface area contributed by atoms with Gasteiger partial charge in [-0.2, -0.15) is 5.26 Å². The molecule has 0 aliphatic heterocycles. The predicted molar refractivity (Wildman–Crippen MR) is 131 cm³/mol. The standard InChI is InChI=1S/C25H20N4O7/c1-15-5-4-6-20(16(15)2)27-25(30)18(14-26)11-17-7-9-23(24(12-17)35-3)36-22-10-8-19(28(31)32)13-21(22)29(33)34/h4-13H,1-3H3,(H,27,30)/b18-11+. The van der Waals surface area contributed by atoms with Gasteiger partial charge in [-0.1, -0.05) is 18.2 Å². The third-order valence-corrected chi connectivity index (χ3v) is 5.29. The van der Waals surface area contributed by atoms with Gasteiger partial charge in [0.2, 0.25) is 5.75 Å². The topological polar surface area (TPSA) is 158 Å². The van der Waals surface area contributed by atoms with Crippen LogP contribution in [0.4, 0.5) is 17.1 Å². The quantitative estimate of drug-likeness (QED) is 0.189. The summed E-state index contributed by atoms with van der Waals surface area (Å²) in [5.41, 5.74) is 1.69. The van der Waals surface area contributed by atoms with Gasteiger partial charge in [0, 0.05) is 11.8 Å². The van der Waals surface area contributed by atoms with Crippen molar-refractivity contribution in [2.75, 3.05) is 12.4 Å². The molecule has 0 aliphatic carbocycles. The van der Waals surface area contributed by atoms with Crippen LogP contribution in [0.25, 0.3) is 6.08 Å². The van der Waals surface area contributed by atoms with Gasteiger partial charge in [0.25, 0.3) is 11.6 Å². The van der Waals surface area contributed by atoms with E-state index in [2.05, 4.69) is 5.32 Å².